The monoisotopic (exact) mass is 593 g/mol. The highest BCUT2D eigenvalue weighted by molar-refractivity contribution is 7.26. The predicted molar refractivity (Wildman–Crippen MR) is 183 cm³/mol. The summed E-state index contributed by atoms with van der Waals surface area (Å²) in [6, 6.07) is 46.0. The SMILES string of the molecule is N#Cc1cc(C#N)c(-c2cc(-c3ccc4sc5ccccc5c4c3)cc(-c3cccc4sc5ccccc5c34)c2)c(C#N)c1. The Kier molecular flexibility index (Phi) is 6.00. The smallest absolute Gasteiger partial charge is 0.0999 e. The lowest BCUT2D eigenvalue weighted by Crippen LogP contribution is -1.94. The van der Waals surface area contributed by atoms with Gasteiger partial charge in [-0.3, -0.25) is 0 Å². The molecule has 0 aliphatic carbocycles. The zero-order valence-corrected chi connectivity index (χ0v) is 24.8. The fourth-order valence-electron chi connectivity index (χ4n) is 6.21. The maximum atomic E-state index is 10.2. The van der Waals surface area contributed by atoms with Crippen LogP contribution in [0.15, 0.2) is 115 Å². The summed E-state index contributed by atoms with van der Waals surface area (Å²) in [4.78, 5) is 0. The quantitative estimate of drug-likeness (QED) is 0.205. The molecule has 8 aromatic rings. The molecule has 0 N–H and O–H groups in total. The van der Waals surface area contributed by atoms with E-state index in [9.17, 15) is 15.8 Å². The molecule has 0 saturated carbocycles. The van der Waals surface area contributed by atoms with Crippen molar-refractivity contribution in [3.63, 3.8) is 0 Å². The molecule has 8 rings (SSSR count). The molecular weight excluding hydrogens is 575 g/mol. The Labute approximate surface area is 261 Å². The average molecular weight is 594 g/mol. The standard InChI is InChI=1S/C39H19N3S2/c40-20-23-14-28(21-41)38(29(15-23)22-42)27-17-25(24-12-13-36-33(19-24)31-6-1-3-9-34(31)43-36)16-26(18-27)30-8-5-11-37-39(30)32-7-2-4-10-35(32)44-37/h1-19H. The third-order valence-electron chi connectivity index (χ3n) is 8.15. The van der Waals surface area contributed by atoms with Gasteiger partial charge < -0.3 is 0 Å². The lowest BCUT2D eigenvalue weighted by atomic mass is 9.88. The van der Waals surface area contributed by atoms with E-state index >= 15 is 0 Å². The normalized spacial score (nSPS) is 11.1. The first-order chi connectivity index (χ1) is 21.6. The second kappa shape index (κ2) is 10.2. The van der Waals surface area contributed by atoms with Gasteiger partial charge in [0.1, 0.15) is 0 Å². The molecule has 0 unspecified atom stereocenters. The number of fused-ring (bicyclic) bond motifs is 6. The van der Waals surface area contributed by atoms with E-state index in [0.29, 0.717) is 22.3 Å². The molecule has 202 valence electrons. The summed E-state index contributed by atoms with van der Waals surface area (Å²) in [5.41, 5.74) is 6.35. The van der Waals surface area contributed by atoms with Gasteiger partial charge in [0.15, 0.2) is 0 Å². The van der Waals surface area contributed by atoms with E-state index in [1.807, 2.05) is 0 Å². The molecule has 0 spiro atoms. The van der Waals surface area contributed by atoms with E-state index in [0.717, 1.165) is 27.8 Å². The molecule has 5 heteroatoms. The van der Waals surface area contributed by atoms with E-state index in [1.165, 1.54) is 40.3 Å². The highest BCUT2D eigenvalue weighted by atomic mass is 32.1. The second-order valence-corrected chi connectivity index (χ2v) is 12.8. The van der Waals surface area contributed by atoms with E-state index in [-0.39, 0.29) is 0 Å². The van der Waals surface area contributed by atoms with E-state index in [4.69, 9.17) is 0 Å². The minimum absolute atomic E-state index is 0.294. The predicted octanol–water partition coefficient (Wildman–Crippen LogP) is 11.0. The minimum atomic E-state index is 0.294. The van der Waals surface area contributed by atoms with E-state index in [1.54, 1.807) is 34.8 Å². The van der Waals surface area contributed by atoms with Crippen molar-refractivity contribution in [1.29, 1.82) is 15.8 Å². The molecule has 6 aromatic carbocycles. The van der Waals surface area contributed by atoms with Gasteiger partial charge in [-0.1, -0.05) is 54.6 Å². The van der Waals surface area contributed by atoms with Crippen molar-refractivity contribution in [2.75, 3.05) is 0 Å². The second-order valence-electron chi connectivity index (χ2n) is 10.7. The number of nitriles is 3. The van der Waals surface area contributed by atoms with Crippen LogP contribution in [-0.2, 0) is 0 Å². The van der Waals surface area contributed by atoms with Crippen molar-refractivity contribution in [1.82, 2.24) is 0 Å². The van der Waals surface area contributed by atoms with Gasteiger partial charge in [0, 0.05) is 45.9 Å². The molecule has 0 bridgehead atoms. The van der Waals surface area contributed by atoms with Gasteiger partial charge in [0.05, 0.1) is 34.9 Å². The van der Waals surface area contributed by atoms with Crippen LogP contribution in [0.25, 0.3) is 73.7 Å². The number of hydrogen-bond donors (Lipinski definition) is 0. The molecule has 0 saturated heterocycles. The Morgan fingerprint density at radius 3 is 1.80 bits per heavy atom. The maximum absolute atomic E-state index is 10.2. The minimum Gasteiger partial charge on any atom is -0.192 e. The fraction of sp³-hybridized carbons (Fsp3) is 0. The molecule has 0 aliphatic heterocycles. The molecule has 2 aromatic heterocycles. The van der Waals surface area contributed by atoms with Crippen molar-refractivity contribution < 1.29 is 0 Å². The largest absolute Gasteiger partial charge is 0.192 e. The molecule has 0 aliphatic rings. The first-order valence-electron chi connectivity index (χ1n) is 14.0. The molecule has 44 heavy (non-hydrogen) atoms. The van der Waals surface area contributed by atoms with Crippen LogP contribution >= 0.6 is 22.7 Å². The van der Waals surface area contributed by atoms with Gasteiger partial charge in [-0.15, -0.1) is 22.7 Å². The summed E-state index contributed by atoms with van der Waals surface area (Å²) in [6.07, 6.45) is 0. The molecule has 0 amide bonds. The number of hydrogen-bond acceptors (Lipinski definition) is 5. The average Bonchev–Trinajstić information content (AvgIpc) is 3.65. The van der Waals surface area contributed by atoms with Crippen LogP contribution in [0.4, 0.5) is 0 Å². The van der Waals surface area contributed by atoms with Crippen molar-refractivity contribution in [3.8, 4) is 51.6 Å². The summed E-state index contributed by atoms with van der Waals surface area (Å²) < 4.78 is 4.91. The van der Waals surface area contributed by atoms with Gasteiger partial charge in [0.25, 0.3) is 0 Å². The van der Waals surface area contributed by atoms with Gasteiger partial charge in [-0.2, -0.15) is 15.8 Å². The number of nitrogens with zero attached hydrogens (tertiary/aromatic N) is 3. The van der Waals surface area contributed by atoms with Gasteiger partial charge in [0.2, 0.25) is 0 Å². The first kappa shape index (κ1) is 25.9. The summed E-state index contributed by atoms with van der Waals surface area (Å²) >= 11 is 3.56. The summed E-state index contributed by atoms with van der Waals surface area (Å²) in [5.74, 6) is 0. The number of thiophene rings is 2. The van der Waals surface area contributed by atoms with Gasteiger partial charge in [-0.25, -0.2) is 0 Å². The molecular formula is C39H19N3S2. The summed E-state index contributed by atoms with van der Waals surface area (Å²) in [6.45, 7) is 0. The highest BCUT2D eigenvalue weighted by Crippen LogP contribution is 2.43. The summed E-state index contributed by atoms with van der Waals surface area (Å²) in [7, 11) is 0. The molecule has 0 radical (unpaired) electrons. The van der Waals surface area contributed by atoms with Crippen LogP contribution in [0.2, 0.25) is 0 Å². The Hall–Kier alpha value is -5.77. The lowest BCUT2D eigenvalue weighted by molar-refractivity contribution is 1.41. The van der Waals surface area contributed by atoms with Crippen LogP contribution < -0.4 is 0 Å². The van der Waals surface area contributed by atoms with E-state index in [2.05, 4.69) is 121 Å². The molecule has 0 fully saturated rings. The van der Waals surface area contributed by atoms with Crippen LogP contribution in [0.3, 0.4) is 0 Å². The maximum Gasteiger partial charge on any atom is 0.0999 e. The van der Waals surface area contributed by atoms with Crippen LogP contribution in [0.1, 0.15) is 16.7 Å². The highest BCUT2D eigenvalue weighted by Gasteiger charge is 2.18. The van der Waals surface area contributed by atoms with Crippen LogP contribution in [0, 0.1) is 34.0 Å². The fourth-order valence-corrected chi connectivity index (χ4v) is 8.43. The third kappa shape index (κ3) is 4.06. The Morgan fingerprint density at radius 1 is 0.432 bits per heavy atom. The number of rotatable bonds is 3. The molecule has 2 heterocycles. The van der Waals surface area contributed by atoms with Gasteiger partial charge in [-0.05, 0) is 88.5 Å². The lowest BCUT2D eigenvalue weighted by Gasteiger charge is -2.14. The van der Waals surface area contributed by atoms with Crippen LogP contribution in [0.5, 0.6) is 0 Å². The van der Waals surface area contributed by atoms with Crippen molar-refractivity contribution in [3.05, 3.63) is 132 Å². The Morgan fingerprint density at radius 2 is 1.05 bits per heavy atom. The van der Waals surface area contributed by atoms with Crippen molar-refractivity contribution in [2.24, 2.45) is 0 Å². The van der Waals surface area contributed by atoms with E-state index < -0.39 is 0 Å². The molecule has 3 nitrogen and oxygen atoms in total. The zero-order chi connectivity index (χ0) is 29.8. The van der Waals surface area contributed by atoms with Gasteiger partial charge >= 0.3 is 0 Å². The van der Waals surface area contributed by atoms with Crippen molar-refractivity contribution in [2.45, 2.75) is 0 Å². The Bertz CT molecular complexity index is 2570. The molecule has 0 atom stereocenters. The zero-order valence-electron chi connectivity index (χ0n) is 23.1. The third-order valence-corrected chi connectivity index (χ3v) is 10.4. The van der Waals surface area contributed by atoms with Crippen molar-refractivity contribution >= 4 is 63.0 Å². The first-order valence-corrected chi connectivity index (χ1v) is 15.6. The topological polar surface area (TPSA) is 71.4 Å². The summed E-state index contributed by atoms with van der Waals surface area (Å²) in [5, 5.41) is 34.7. The van der Waals surface area contributed by atoms with Crippen LogP contribution in [-0.4, -0.2) is 0 Å². The Balaban J connectivity index is 1.45. The number of benzene rings is 6.